The molecule has 0 radical (unpaired) electrons. The van der Waals surface area contributed by atoms with Crippen molar-refractivity contribution in [3.05, 3.63) is 28.3 Å². The molecule has 0 spiro atoms. The van der Waals surface area contributed by atoms with Gasteiger partial charge in [-0.3, -0.25) is 9.63 Å². The first kappa shape index (κ1) is 16.4. The summed E-state index contributed by atoms with van der Waals surface area (Å²) in [5.74, 6) is 0.283. The number of amides is 1. The second kappa shape index (κ2) is 5.65. The first-order valence-corrected chi connectivity index (χ1v) is 7.31. The summed E-state index contributed by atoms with van der Waals surface area (Å²) in [4.78, 5) is 17.0. The number of hydroxylamine groups is 2. The van der Waals surface area contributed by atoms with Crippen molar-refractivity contribution in [2.75, 3.05) is 7.11 Å². The highest BCUT2D eigenvalue weighted by Crippen LogP contribution is 2.38. The monoisotopic (exact) mass is 305 g/mol. The fraction of sp³-hybridized carbons (Fsp3) is 0.471. The van der Waals surface area contributed by atoms with Gasteiger partial charge in [-0.1, -0.05) is 12.2 Å². The van der Waals surface area contributed by atoms with Crippen molar-refractivity contribution in [3.63, 3.8) is 0 Å². The predicted octanol–water partition coefficient (Wildman–Crippen LogP) is 2.98. The van der Waals surface area contributed by atoms with E-state index in [9.17, 15) is 15.0 Å². The molecule has 1 aliphatic rings. The molecule has 0 aromatic heterocycles. The van der Waals surface area contributed by atoms with Gasteiger partial charge in [0, 0.05) is 17.5 Å². The molecule has 1 heterocycles. The first-order chi connectivity index (χ1) is 10.2. The van der Waals surface area contributed by atoms with Crippen molar-refractivity contribution in [2.45, 2.75) is 46.1 Å². The van der Waals surface area contributed by atoms with Gasteiger partial charge >= 0.3 is 0 Å². The molecule has 1 aromatic rings. The summed E-state index contributed by atoms with van der Waals surface area (Å²) in [6, 6.07) is 0. The summed E-state index contributed by atoms with van der Waals surface area (Å²) >= 11 is 0. The molecule has 1 aromatic carbocycles. The van der Waals surface area contributed by atoms with Gasteiger partial charge in [-0.25, -0.2) is 5.06 Å². The van der Waals surface area contributed by atoms with E-state index in [1.165, 1.54) is 12.2 Å². The SMILES string of the molecule is CON1C(=O)CCC1(C)/C=C/c1c(C)c(O)c(C)c(C)c1O. The third kappa shape index (κ3) is 2.46. The van der Waals surface area contributed by atoms with E-state index in [0.29, 0.717) is 35.1 Å². The van der Waals surface area contributed by atoms with Crippen molar-refractivity contribution in [1.82, 2.24) is 5.06 Å². The van der Waals surface area contributed by atoms with E-state index >= 15 is 0 Å². The molecular formula is C17H23NO4. The molecule has 1 saturated heterocycles. The summed E-state index contributed by atoms with van der Waals surface area (Å²) in [5.41, 5.74) is 1.96. The van der Waals surface area contributed by atoms with Gasteiger partial charge in [0.15, 0.2) is 0 Å². The minimum Gasteiger partial charge on any atom is -0.507 e. The molecule has 1 amide bonds. The number of nitrogens with zero attached hydrogens (tertiary/aromatic N) is 1. The maximum Gasteiger partial charge on any atom is 0.247 e. The lowest BCUT2D eigenvalue weighted by Gasteiger charge is -2.30. The van der Waals surface area contributed by atoms with Crippen LogP contribution < -0.4 is 0 Å². The minimum absolute atomic E-state index is 0.0569. The van der Waals surface area contributed by atoms with E-state index in [-0.39, 0.29) is 17.4 Å². The van der Waals surface area contributed by atoms with Crippen LogP contribution in [0.2, 0.25) is 0 Å². The van der Waals surface area contributed by atoms with E-state index in [4.69, 9.17) is 4.84 Å². The van der Waals surface area contributed by atoms with Crippen LogP contribution in [0, 0.1) is 20.8 Å². The van der Waals surface area contributed by atoms with Gasteiger partial charge in [-0.2, -0.15) is 0 Å². The largest absolute Gasteiger partial charge is 0.507 e. The standard InChI is InChI=1S/C17H23NO4/c1-10-11(2)16(21)13(12(3)15(10)20)6-8-17(4)9-7-14(19)18(17)22-5/h6,8,20-21H,7,9H2,1-5H3/b8-6+. The second-order valence-corrected chi connectivity index (χ2v) is 6.05. The molecule has 1 fully saturated rings. The van der Waals surface area contributed by atoms with Crippen molar-refractivity contribution in [2.24, 2.45) is 0 Å². The topological polar surface area (TPSA) is 70.0 Å². The van der Waals surface area contributed by atoms with Gasteiger partial charge < -0.3 is 10.2 Å². The van der Waals surface area contributed by atoms with Gasteiger partial charge in [-0.05, 0) is 45.2 Å². The van der Waals surface area contributed by atoms with Crippen LogP contribution in [-0.2, 0) is 9.63 Å². The summed E-state index contributed by atoms with van der Waals surface area (Å²) in [6.07, 6.45) is 4.67. The Hall–Kier alpha value is -2.01. The maximum atomic E-state index is 11.8. The van der Waals surface area contributed by atoms with Crippen LogP contribution in [0.5, 0.6) is 11.5 Å². The van der Waals surface area contributed by atoms with Crippen molar-refractivity contribution < 1.29 is 19.8 Å². The second-order valence-electron chi connectivity index (χ2n) is 6.05. The lowest BCUT2D eigenvalue weighted by atomic mass is 9.94. The van der Waals surface area contributed by atoms with E-state index in [1.54, 1.807) is 26.8 Å². The fourth-order valence-corrected chi connectivity index (χ4v) is 2.92. The highest BCUT2D eigenvalue weighted by atomic mass is 16.7. The Morgan fingerprint density at radius 2 is 1.73 bits per heavy atom. The molecule has 5 nitrogen and oxygen atoms in total. The van der Waals surface area contributed by atoms with E-state index in [1.807, 2.05) is 13.0 Å². The van der Waals surface area contributed by atoms with Gasteiger partial charge in [0.2, 0.25) is 5.91 Å². The third-order valence-corrected chi connectivity index (χ3v) is 4.61. The zero-order valence-electron chi connectivity index (χ0n) is 13.7. The summed E-state index contributed by atoms with van der Waals surface area (Å²) in [5, 5.41) is 21.9. The summed E-state index contributed by atoms with van der Waals surface area (Å²) < 4.78 is 0. The smallest absolute Gasteiger partial charge is 0.247 e. The van der Waals surface area contributed by atoms with Crippen molar-refractivity contribution in [1.29, 1.82) is 0 Å². The average Bonchev–Trinajstić information content (AvgIpc) is 2.78. The predicted molar refractivity (Wildman–Crippen MR) is 84.5 cm³/mol. The molecule has 5 heteroatoms. The number of carbonyl (C=O) groups excluding carboxylic acids is 1. The molecule has 22 heavy (non-hydrogen) atoms. The molecule has 1 unspecified atom stereocenters. The van der Waals surface area contributed by atoms with Gasteiger partial charge in [0.1, 0.15) is 11.5 Å². The molecule has 120 valence electrons. The number of hydrogen-bond acceptors (Lipinski definition) is 4. The molecule has 0 saturated carbocycles. The van der Waals surface area contributed by atoms with E-state index in [2.05, 4.69) is 0 Å². The van der Waals surface area contributed by atoms with Crippen LogP contribution >= 0.6 is 0 Å². The molecule has 2 N–H and O–H groups in total. The third-order valence-electron chi connectivity index (χ3n) is 4.61. The van der Waals surface area contributed by atoms with Crippen LogP contribution in [0.4, 0.5) is 0 Å². The maximum absolute atomic E-state index is 11.8. The highest BCUT2D eigenvalue weighted by molar-refractivity contribution is 5.79. The Kier molecular flexibility index (Phi) is 4.20. The van der Waals surface area contributed by atoms with Crippen LogP contribution in [-0.4, -0.2) is 33.8 Å². The van der Waals surface area contributed by atoms with Gasteiger partial charge in [0.05, 0.1) is 12.6 Å². The van der Waals surface area contributed by atoms with Crippen molar-refractivity contribution >= 4 is 12.0 Å². The van der Waals surface area contributed by atoms with E-state index < -0.39 is 5.54 Å². The number of hydrogen-bond donors (Lipinski definition) is 2. The summed E-state index contributed by atoms with van der Waals surface area (Å²) in [6.45, 7) is 7.21. The van der Waals surface area contributed by atoms with Crippen molar-refractivity contribution in [3.8, 4) is 11.5 Å². The lowest BCUT2D eigenvalue weighted by molar-refractivity contribution is -0.185. The highest BCUT2D eigenvalue weighted by Gasteiger charge is 2.40. The number of rotatable bonds is 3. The molecule has 0 aliphatic carbocycles. The first-order valence-electron chi connectivity index (χ1n) is 7.31. The van der Waals surface area contributed by atoms with Crippen LogP contribution in [0.25, 0.3) is 6.08 Å². The quantitative estimate of drug-likeness (QED) is 0.842. The van der Waals surface area contributed by atoms with Gasteiger partial charge in [0.25, 0.3) is 0 Å². The molecule has 2 rings (SSSR count). The van der Waals surface area contributed by atoms with Crippen LogP contribution in [0.3, 0.4) is 0 Å². The zero-order chi connectivity index (χ0) is 16.7. The molecule has 1 aliphatic heterocycles. The molecular weight excluding hydrogens is 282 g/mol. The van der Waals surface area contributed by atoms with Gasteiger partial charge in [-0.15, -0.1) is 0 Å². The Labute approximate surface area is 130 Å². The zero-order valence-corrected chi connectivity index (χ0v) is 13.7. The van der Waals surface area contributed by atoms with Crippen LogP contribution in [0.1, 0.15) is 42.0 Å². The molecule has 0 bridgehead atoms. The Balaban J connectivity index is 2.45. The number of aromatic hydroxyl groups is 2. The number of phenols is 2. The van der Waals surface area contributed by atoms with Crippen LogP contribution in [0.15, 0.2) is 6.08 Å². The summed E-state index contributed by atoms with van der Waals surface area (Å²) in [7, 11) is 1.47. The Morgan fingerprint density at radius 3 is 2.32 bits per heavy atom. The fourth-order valence-electron chi connectivity index (χ4n) is 2.92. The number of phenolic OH excluding ortho intramolecular Hbond substituents is 2. The number of benzene rings is 1. The lowest BCUT2D eigenvalue weighted by Crippen LogP contribution is -2.40. The minimum atomic E-state index is -0.556. The number of carbonyl (C=O) groups is 1. The Bertz CT molecular complexity index is 622. The van der Waals surface area contributed by atoms with E-state index in [0.717, 1.165) is 0 Å². The molecule has 1 atom stereocenters. The normalized spacial score (nSPS) is 22.0. The Morgan fingerprint density at radius 1 is 1.14 bits per heavy atom. The average molecular weight is 305 g/mol.